The molecule has 19 heavy (non-hydrogen) atoms. The Morgan fingerprint density at radius 3 is 2.84 bits per heavy atom. The number of aromatic nitrogens is 2. The van der Waals surface area contributed by atoms with Crippen molar-refractivity contribution in [1.29, 1.82) is 0 Å². The number of nitrogens with zero attached hydrogens (tertiary/aromatic N) is 3. The lowest BCUT2D eigenvalue weighted by Gasteiger charge is -2.05. The van der Waals surface area contributed by atoms with Crippen molar-refractivity contribution in [2.45, 2.75) is 13.5 Å². The highest BCUT2D eigenvalue weighted by molar-refractivity contribution is 6.30. The molecule has 1 aromatic carbocycles. The maximum absolute atomic E-state index is 13.6. The van der Waals surface area contributed by atoms with Crippen LogP contribution in [0.5, 0.6) is 0 Å². The first-order valence-corrected chi connectivity index (χ1v) is 5.69. The van der Waals surface area contributed by atoms with E-state index in [1.807, 2.05) is 0 Å². The van der Waals surface area contributed by atoms with Gasteiger partial charge in [0, 0.05) is 10.6 Å². The molecule has 0 aliphatic carbocycles. The van der Waals surface area contributed by atoms with Gasteiger partial charge in [-0.3, -0.25) is 10.1 Å². The van der Waals surface area contributed by atoms with Gasteiger partial charge in [0.15, 0.2) is 0 Å². The van der Waals surface area contributed by atoms with Crippen LogP contribution < -0.4 is 5.73 Å². The van der Waals surface area contributed by atoms with Crippen molar-refractivity contribution in [3.63, 3.8) is 0 Å². The molecule has 0 atom stereocenters. The summed E-state index contributed by atoms with van der Waals surface area (Å²) in [7, 11) is 0. The third-order valence-electron chi connectivity index (χ3n) is 2.64. The lowest BCUT2D eigenvalue weighted by Crippen LogP contribution is -2.08. The molecule has 100 valence electrons. The number of nitro groups is 1. The molecule has 0 amide bonds. The predicted molar refractivity (Wildman–Crippen MR) is 68.5 cm³/mol. The number of anilines is 1. The quantitative estimate of drug-likeness (QED) is 0.693. The van der Waals surface area contributed by atoms with Crippen molar-refractivity contribution in [3.05, 3.63) is 50.4 Å². The highest BCUT2D eigenvalue weighted by Crippen LogP contribution is 2.26. The first-order chi connectivity index (χ1) is 8.90. The molecule has 1 aromatic heterocycles. The van der Waals surface area contributed by atoms with E-state index >= 15 is 0 Å². The maximum atomic E-state index is 13.6. The highest BCUT2D eigenvalue weighted by Gasteiger charge is 2.23. The molecular weight excluding hydrogens is 275 g/mol. The van der Waals surface area contributed by atoms with E-state index in [0.717, 1.165) is 0 Å². The fraction of sp³-hybridized carbons (Fsp3) is 0.182. The van der Waals surface area contributed by atoms with Crippen LogP contribution in [0.3, 0.4) is 0 Å². The lowest BCUT2D eigenvalue weighted by molar-refractivity contribution is -0.384. The molecule has 1 heterocycles. The van der Waals surface area contributed by atoms with Gasteiger partial charge in [-0.2, -0.15) is 5.10 Å². The first kappa shape index (κ1) is 13.3. The van der Waals surface area contributed by atoms with Crippen molar-refractivity contribution in [2.75, 3.05) is 5.73 Å². The SMILES string of the molecule is Cc1nn(Cc2cc(Cl)ccc2F)c(N)c1[N+](=O)[O-]. The minimum atomic E-state index is -0.609. The Bertz CT molecular complexity index is 656. The molecule has 0 aliphatic rings. The van der Waals surface area contributed by atoms with Gasteiger partial charge >= 0.3 is 5.69 Å². The zero-order valence-electron chi connectivity index (χ0n) is 9.93. The zero-order chi connectivity index (χ0) is 14.2. The lowest BCUT2D eigenvalue weighted by atomic mass is 10.2. The first-order valence-electron chi connectivity index (χ1n) is 5.31. The van der Waals surface area contributed by atoms with Gasteiger partial charge in [0.05, 0.1) is 11.5 Å². The van der Waals surface area contributed by atoms with Crippen LogP contribution in [0.2, 0.25) is 5.02 Å². The van der Waals surface area contributed by atoms with Crippen molar-refractivity contribution in [1.82, 2.24) is 9.78 Å². The Morgan fingerprint density at radius 1 is 1.58 bits per heavy atom. The van der Waals surface area contributed by atoms with Crippen molar-refractivity contribution in [2.24, 2.45) is 0 Å². The fourth-order valence-corrected chi connectivity index (χ4v) is 1.96. The maximum Gasteiger partial charge on any atom is 0.333 e. The van der Waals surface area contributed by atoms with E-state index in [-0.39, 0.29) is 29.3 Å². The van der Waals surface area contributed by atoms with E-state index in [9.17, 15) is 14.5 Å². The molecule has 0 saturated carbocycles. The topological polar surface area (TPSA) is 87.0 Å². The van der Waals surface area contributed by atoms with Gasteiger partial charge in [-0.25, -0.2) is 9.07 Å². The minimum absolute atomic E-state index is 0.0209. The summed E-state index contributed by atoms with van der Waals surface area (Å²) >= 11 is 5.77. The molecule has 0 radical (unpaired) electrons. The standard InChI is InChI=1S/C11H10ClFN4O2/c1-6-10(17(18)19)11(14)16(15-6)5-7-4-8(12)2-3-9(7)13/h2-4H,5,14H2,1H3. The molecule has 6 nitrogen and oxygen atoms in total. The van der Waals surface area contributed by atoms with Gasteiger partial charge in [0.1, 0.15) is 11.5 Å². The van der Waals surface area contributed by atoms with Crippen LogP contribution in [0.15, 0.2) is 18.2 Å². The summed E-state index contributed by atoms with van der Waals surface area (Å²) in [5.74, 6) is -0.582. The Labute approximate surface area is 112 Å². The number of benzene rings is 1. The van der Waals surface area contributed by atoms with E-state index < -0.39 is 10.7 Å². The van der Waals surface area contributed by atoms with Crippen molar-refractivity contribution < 1.29 is 9.31 Å². The van der Waals surface area contributed by atoms with Gasteiger partial charge in [-0.05, 0) is 25.1 Å². The summed E-state index contributed by atoms with van der Waals surface area (Å²) in [6, 6.07) is 4.07. The van der Waals surface area contributed by atoms with E-state index in [4.69, 9.17) is 17.3 Å². The summed E-state index contributed by atoms with van der Waals surface area (Å²) < 4.78 is 14.8. The summed E-state index contributed by atoms with van der Waals surface area (Å²) in [6.45, 7) is 1.45. The van der Waals surface area contributed by atoms with Crippen LogP contribution in [0.4, 0.5) is 15.9 Å². The summed E-state index contributed by atoms with van der Waals surface area (Å²) in [4.78, 5) is 10.2. The number of hydrogen-bond acceptors (Lipinski definition) is 4. The monoisotopic (exact) mass is 284 g/mol. The Balaban J connectivity index is 2.42. The van der Waals surface area contributed by atoms with Gasteiger partial charge in [0.2, 0.25) is 5.82 Å². The van der Waals surface area contributed by atoms with E-state index in [0.29, 0.717) is 5.02 Å². The number of nitrogens with two attached hydrogens (primary N) is 1. The Hall–Kier alpha value is -2.15. The summed E-state index contributed by atoms with van der Waals surface area (Å²) in [5.41, 5.74) is 5.83. The Morgan fingerprint density at radius 2 is 2.26 bits per heavy atom. The molecule has 0 fully saturated rings. The van der Waals surface area contributed by atoms with Crippen LogP contribution in [-0.4, -0.2) is 14.7 Å². The van der Waals surface area contributed by atoms with Gasteiger partial charge in [-0.1, -0.05) is 11.6 Å². The molecule has 0 bridgehead atoms. The molecule has 2 rings (SSSR count). The van der Waals surface area contributed by atoms with Crippen LogP contribution in [0.1, 0.15) is 11.3 Å². The summed E-state index contributed by atoms with van der Waals surface area (Å²) in [6.07, 6.45) is 0. The fourth-order valence-electron chi connectivity index (χ4n) is 1.76. The van der Waals surface area contributed by atoms with Gasteiger partial charge in [0.25, 0.3) is 0 Å². The van der Waals surface area contributed by atoms with Crippen LogP contribution >= 0.6 is 11.6 Å². The van der Waals surface area contributed by atoms with Gasteiger partial charge < -0.3 is 5.73 Å². The highest BCUT2D eigenvalue weighted by atomic mass is 35.5. The minimum Gasteiger partial charge on any atom is -0.378 e. The number of rotatable bonds is 3. The predicted octanol–water partition coefficient (Wildman–Crippen LogP) is 2.52. The molecule has 0 saturated heterocycles. The largest absolute Gasteiger partial charge is 0.378 e. The molecule has 2 N–H and O–H groups in total. The van der Waals surface area contributed by atoms with Gasteiger partial charge in [-0.15, -0.1) is 0 Å². The average molecular weight is 285 g/mol. The Kier molecular flexibility index (Phi) is 3.39. The number of halogens is 2. The van der Waals surface area contributed by atoms with Crippen LogP contribution in [0.25, 0.3) is 0 Å². The smallest absolute Gasteiger partial charge is 0.333 e. The van der Waals surface area contributed by atoms with Crippen LogP contribution in [0, 0.1) is 22.9 Å². The molecule has 0 unspecified atom stereocenters. The number of aryl methyl sites for hydroxylation is 1. The third kappa shape index (κ3) is 2.50. The van der Waals surface area contributed by atoms with Crippen molar-refractivity contribution >= 4 is 23.1 Å². The second-order valence-corrected chi connectivity index (χ2v) is 4.41. The number of nitrogen functional groups attached to an aromatic ring is 1. The molecular formula is C11H10ClFN4O2. The second-order valence-electron chi connectivity index (χ2n) is 3.97. The van der Waals surface area contributed by atoms with E-state index in [1.165, 1.54) is 29.8 Å². The normalized spacial score (nSPS) is 10.7. The molecule has 0 aliphatic heterocycles. The van der Waals surface area contributed by atoms with E-state index in [1.54, 1.807) is 0 Å². The van der Waals surface area contributed by atoms with Crippen LogP contribution in [-0.2, 0) is 6.54 Å². The molecule has 0 spiro atoms. The third-order valence-corrected chi connectivity index (χ3v) is 2.88. The zero-order valence-corrected chi connectivity index (χ0v) is 10.7. The number of hydrogen-bond donors (Lipinski definition) is 1. The average Bonchev–Trinajstić information content (AvgIpc) is 2.59. The summed E-state index contributed by atoms with van der Waals surface area (Å²) in [5, 5.41) is 15.1. The van der Waals surface area contributed by atoms with Crippen molar-refractivity contribution in [3.8, 4) is 0 Å². The second kappa shape index (κ2) is 4.85. The van der Waals surface area contributed by atoms with E-state index in [2.05, 4.69) is 5.10 Å². The molecule has 2 aromatic rings. The molecule has 8 heteroatoms.